The van der Waals surface area contributed by atoms with E-state index in [1.54, 1.807) is 6.08 Å². The van der Waals surface area contributed by atoms with Crippen molar-refractivity contribution in [3.63, 3.8) is 0 Å². The van der Waals surface area contributed by atoms with Crippen molar-refractivity contribution in [2.45, 2.75) is 45.6 Å². The Morgan fingerprint density at radius 3 is 2.52 bits per heavy atom. The second-order valence-electron chi connectivity index (χ2n) is 6.68. The summed E-state index contributed by atoms with van der Waals surface area (Å²) >= 11 is 0. The second-order valence-corrected chi connectivity index (χ2v) is 6.68. The van der Waals surface area contributed by atoms with E-state index in [1.807, 2.05) is 6.08 Å². The molecule has 0 bridgehead atoms. The van der Waals surface area contributed by atoms with E-state index in [0.29, 0.717) is 6.04 Å². The summed E-state index contributed by atoms with van der Waals surface area (Å²) in [5.41, 5.74) is 0. The van der Waals surface area contributed by atoms with Crippen molar-refractivity contribution in [3.05, 3.63) is 12.2 Å². The number of ether oxygens (including phenoxy) is 1. The van der Waals surface area contributed by atoms with E-state index in [0.717, 1.165) is 57.5 Å². The molecule has 2 fully saturated rings. The summed E-state index contributed by atoms with van der Waals surface area (Å²) in [5, 5.41) is 3.15. The highest BCUT2D eigenvalue weighted by molar-refractivity contribution is 5.87. The molecule has 1 N–H and O–H groups in total. The monoisotopic (exact) mass is 294 g/mol. The van der Waals surface area contributed by atoms with Crippen LogP contribution in [0, 0.1) is 11.8 Å². The van der Waals surface area contributed by atoms with Crippen LogP contribution in [0.25, 0.3) is 0 Å². The van der Waals surface area contributed by atoms with Gasteiger partial charge >= 0.3 is 0 Å². The summed E-state index contributed by atoms with van der Waals surface area (Å²) in [5.74, 6) is 1.68. The lowest BCUT2D eigenvalue weighted by molar-refractivity contribution is -0.117. The summed E-state index contributed by atoms with van der Waals surface area (Å²) < 4.78 is 5.31. The molecule has 0 unspecified atom stereocenters. The third kappa shape index (κ3) is 5.79. The minimum Gasteiger partial charge on any atom is -0.379 e. The summed E-state index contributed by atoms with van der Waals surface area (Å²) in [6.45, 7) is 8.99. The molecular formula is C17H30N2O2. The highest BCUT2D eigenvalue weighted by Crippen LogP contribution is 2.29. The van der Waals surface area contributed by atoms with Crippen LogP contribution < -0.4 is 5.32 Å². The van der Waals surface area contributed by atoms with Gasteiger partial charge in [0, 0.05) is 31.8 Å². The quantitative estimate of drug-likeness (QED) is 0.790. The van der Waals surface area contributed by atoms with E-state index in [4.69, 9.17) is 4.74 Å². The van der Waals surface area contributed by atoms with Gasteiger partial charge in [-0.25, -0.2) is 0 Å². The molecular weight excluding hydrogens is 264 g/mol. The average molecular weight is 294 g/mol. The molecule has 1 aliphatic heterocycles. The van der Waals surface area contributed by atoms with Gasteiger partial charge in [-0.3, -0.25) is 9.69 Å². The van der Waals surface area contributed by atoms with Crippen molar-refractivity contribution >= 4 is 5.91 Å². The van der Waals surface area contributed by atoms with E-state index < -0.39 is 0 Å². The summed E-state index contributed by atoms with van der Waals surface area (Å²) in [6.07, 6.45) is 8.43. The van der Waals surface area contributed by atoms with Crippen LogP contribution in [0.5, 0.6) is 0 Å². The number of hydrogen-bond donors (Lipinski definition) is 1. The number of hydrogen-bond acceptors (Lipinski definition) is 3. The number of nitrogens with one attached hydrogen (secondary N) is 1. The maximum atomic E-state index is 11.9. The minimum absolute atomic E-state index is 0.0660. The van der Waals surface area contributed by atoms with Crippen molar-refractivity contribution in [1.29, 1.82) is 0 Å². The van der Waals surface area contributed by atoms with Gasteiger partial charge in [0.15, 0.2) is 0 Å². The lowest BCUT2D eigenvalue weighted by atomic mass is 9.80. The maximum Gasteiger partial charge on any atom is 0.243 e. The van der Waals surface area contributed by atoms with E-state index in [1.165, 1.54) is 12.8 Å². The molecule has 0 atom stereocenters. The first-order valence-corrected chi connectivity index (χ1v) is 8.42. The second kappa shape index (κ2) is 8.54. The zero-order valence-corrected chi connectivity index (χ0v) is 13.5. The van der Waals surface area contributed by atoms with Crippen LogP contribution >= 0.6 is 0 Å². The van der Waals surface area contributed by atoms with Crippen LogP contribution in [0.15, 0.2) is 12.2 Å². The Kier molecular flexibility index (Phi) is 6.71. The Bertz CT molecular complexity index is 341. The Balaban J connectivity index is 1.63. The normalized spacial score (nSPS) is 28.1. The molecule has 4 heteroatoms. The summed E-state index contributed by atoms with van der Waals surface area (Å²) in [6, 6.07) is 0.375. The Hall–Kier alpha value is -0.870. The van der Waals surface area contributed by atoms with Crippen molar-refractivity contribution < 1.29 is 9.53 Å². The van der Waals surface area contributed by atoms with Crippen molar-refractivity contribution in [3.8, 4) is 0 Å². The van der Waals surface area contributed by atoms with Gasteiger partial charge in [-0.15, -0.1) is 0 Å². The topological polar surface area (TPSA) is 41.6 Å². The van der Waals surface area contributed by atoms with Crippen molar-refractivity contribution in [2.75, 3.05) is 32.8 Å². The molecule has 4 nitrogen and oxygen atoms in total. The predicted octanol–water partition coefficient (Wildman–Crippen LogP) is 2.21. The molecule has 1 amide bonds. The van der Waals surface area contributed by atoms with Gasteiger partial charge in [-0.2, -0.15) is 0 Å². The number of carbonyl (C=O) groups excluding carboxylic acids is 1. The van der Waals surface area contributed by atoms with E-state index in [-0.39, 0.29) is 5.91 Å². The molecule has 0 aromatic carbocycles. The third-order valence-corrected chi connectivity index (χ3v) is 4.80. The molecule has 2 aliphatic rings. The molecule has 1 saturated heterocycles. The number of rotatable bonds is 5. The van der Waals surface area contributed by atoms with Crippen LogP contribution in [0.2, 0.25) is 0 Å². The lowest BCUT2D eigenvalue weighted by Gasteiger charge is -2.31. The highest BCUT2D eigenvalue weighted by Gasteiger charge is 2.23. The van der Waals surface area contributed by atoms with Crippen LogP contribution in [-0.4, -0.2) is 49.7 Å². The first kappa shape index (κ1) is 16.5. The van der Waals surface area contributed by atoms with Gasteiger partial charge in [-0.1, -0.05) is 19.9 Å². The molecule has 120 valence electrons. The zero-order valence-electron chi connectivity index (χ0n) is 13.5. The number of morpholine rings is 1. The molecule has 1 heterocycles. The lowest BCUT2D eigenvalue weighted by Crippen LogP contribution is -2.38. The fourth-order valence-corrected chi connectivity index (χ4v) is 3.27. The number of nitrogens with zero attached hydrogens (tertiary/aromatic N) is 1. The first-order valence-electron chi connectivity index (χ1n) is 8.42. The smallest absolute Gasteiger partial charge is 0.243 e. The summed E-state index contributed by atoms with van der Waals surface area (Å²) in [4.78, 5) is 14.2. The first-order chi connectivity index (χ1) is 10.1. The Morgan fingerprint density at radius 2 is 1.90 bits per heavy atom. The standard InChI is InChI=1S/C17H30N2O2/c1-14(2)15-5-7-16(8-6-15)18-17(20)4-3-9-19-10-12-21-13-11-19/h3-4,14-16H,5-13H2,1-2H3,(H,18,20)/b4-3+/t15-,16+. The van der Waals surface area contributed by atoms with E-state index >= 15 is 0 Å². The molecule has 0 radical (unpaired) electrons. The summed E-state index contributed by atoms with van der Waals surface area (Å²) in [7, 11) is 0. The number of amides is 1. The van der Waals surface area contributed by atoms with Crippen LogP contribution in [0.1, 0.15) is 39.5 Å². The fraction of sp³-hybridized carbons (Fsp3) is 0.824. The largest absolute Gasteiger partial charge is 0.379 e. The minimum atomic E-state index is 0.0660. The predicted molar refractivity (Wildman–Crippen MR) is 85.1 cm³/mol. The molecule has 0 spiro atoms. The highest BCUT2D eigenvalue weighted by atomic mass is 16.5. The molecule has 0 aromatic heterocycles. The maximum absolute atomic E-state index is 11.9. The van der Waals surface area contributed by atoms with Crippen molar-refractivity contribution in [2.24, 2.45) is 11.8 Å². The van der Waals surface area contributed by atoms with Gasteiger partial charge in [0.25, 0.3) is 0 Å². The van der Waals surface area contributed by atoms with Gasteiger partial charge < -0.3 is 10.1 Å². The van der Waals surface area contributed by atoms with Crippen molar-refractivity contribution in [1.82, 2.24) is 10.2 Å². The molecule has 21 heavy (non-hydrogen) atoms. The Morgan fingerprint density at radius 1 is 1.24 bits per heavy atom. The molecule has 1 aliphatic carbocycles. The number of carbonyl (C=O) groups is 1. The van der Waals surface area contributed by atoms with Gasteiger partial charge in [-0.05, 0) is 37.5 Å². The molecule has 0 aromatic rings. The van der Waals surface area contributed by atoms with Crippen LogP contribution in [0.3, 0.4) is 0 Å². The third-order valence-electron chi connectivity index (χ3n) is 4.80. The zero-order chi connectivity index (χ0) is 15.1. The fourth-order valence-electron chi connectivity index (χ4n) is 3.27. The van der Waals surface area contributed by atoms with E-state index in [9.17, 15) is 4.79 Å². The van der Waals surface area contributed by atoms with Gasteiger partial charge in [0.05, 0.1) is 13.2 Å². The van der Waals surface area contributed by atoms with Crippen LogP contribution in [-0.2, 0) is 9.53 Å². The SMILES string of the molecule is CC(C)[C@H]1CC[C@@H](NC(=O)/C=C/CN2CCOCC2)CC1. The molecule has 2 rings (SSSR count). The van der Waals surface area contributed by atoms with Crippen LogP contribution in [0.4, 0.5) is 0 Å². The van der Waals surface area contributed by atoms with Gasteiger partial charge in [0.1, 0.15) is 0 Å². The van der Waals surface area contributed by atoms with Gasteiger partial charge in [0.2, 0.25) is 5.91 Å². The Labute approximate surface area is 128 Å². The molecule has 1 saturated carbocycles. The van der Waals surface area contributed by atoms with E-state index in [2.05, 4.69) is 24.1 Å². The average Bonchev–Trinajstić information content (AvgIpc) is 2.49.